The van der Waals surface area contributed by atoms with Crippen molar-refractivity contribution in [2.75, 3.05) is 19.7 Å². The van der Waals surface area contributed by atoms with Gasteiger partial charge in [0.2, 0.25) is 0 Å². The zero-order valence-corrected chi connectivity index (χ0v) is 14.5. The minimum atomic E-state index is -0.302. The molecule has 1 aliphatic carbocycles. The van der Waals surface area contributed by atoms with E-state index >= 15 is 0 Å². The van der Waals surface area contributed by atoms with Crippen molar-refractivity contribution in [2.45, 2.75) is 45.3 Å². The lowest BCUT2D eigenvalue weighted by Gasteiger charge is -2.56. The van der Waals surface area contributed by atoms with Crippen LogP contribution in [-0.4, -0.2) is 47.8 Å². The fraction of sp³-hybridized carbons (Fsp3) is 0.611. The van der Waals surface area contributed by atoms with E-state index in [1.54, 1.807) is 6.07 Å². The van der Waals surface area contributed by atoms with E-state index in [2.05, 4.69) is 0 Å². The number of amides is 1. The summed E-state index contributed by atoms with van der Waals surface area (Å²) >= 11 is 6.13. The van der Waals surface area contributed by atoms with Gasteiger partial charge in [-0.05, 0) is 44.4 Å². The maximum atomic E-state index is 12.8. The van der Waals surface area contributed by atoms with Crippen molar-refractivity contribution in [1.82, 2.24) is 4.90 Å². The summed E-state index contributed by atoms with van der Waals surface area (Å²) in [5.41, 5.74) is 1.34. The lowest BCUT2D eigenvalue weighted by Crippen LogP contribution is -2.62. The van der Waals surface area contributed by atoms with E-state index in [1.165, 1.54) is 0 Å². The Morgan fingerprint density at radius 1 is 1.43 bits per heavy atom. The summed E-state index contributed by atoms with van der Waals surface area (Å²) in [6.07, 6.45) is 2.14. The summed E-state index contributed by atoms with van der Waals surface area (Å²) in [5.74, 6) is 0.0293. The molecule has 4 nitrogen and oxygen atoms in total. The zero-order valence-electron chi connectivity index (χ0n) is 13.7. The summed E-state index contributed by atoms with van der Waals surface area (Å²) < 4.78 is 5.78. The number of benzene rings is 1. The van der Waals surface area contributed by atoms with E-state index in [-0.39, 0.29) is 23.5 Å². The molecule has 3 rings (SSSR count). The Hall–Kier alpha value is -1.10. The molecule has 1 aromatic carbocycles. The summed E-state index contributed by atoms with van der Waals surface area (Å²) in [6.45, 7) is 5.85. The van der Waals surface area contributed by atoms with Crippen molar-refractivity contribution >= 4 is 17.5 Å². The first-order valence-corrected chi connectivity index (χ1v) is 8.71. The molecule has 0 unspecified atom stereocenters. The van der Waals surface area contributed by atoms with Crippen LogP contribution in [0.25, 0.3) is 0 Å². The Bertz CT molecular complexity index is 594. The molecule has 1 aliphatic heterocycles. The van der Waals surface area contributed by atoms with Gasteiger partial charge in [0.25, 0.3) is 5.91 Å². The highest BCUT2D eigenvalue weighted by atomic mass is 35.5. The van der Waals surface area contributed by atoms with Gasteiger partial charge in [-0.25, -0.2) is 0 Å². The highest BCUT2D eigenvalue weighted by Crippen LogP contribution is 2.51. The second-order valence-electron chi connectivity index (χ2n) is 6.63. The third-order valence-electron chi connectivity index (χ3n) is 5.59. The monoisotopic (exact) mass is 337 g/mol. The Balaban J connectivity index is 1.69. The van der Waals surface area contributed by atoms with Crippen LogP contribution in [0.15, 0.2) is 18.2 Å². The molecule has 0 radical (unpaired) electrons. The summed E-state index contributed by atoms with van der Waals surface area (Å²) in [6, 6.07) is 5.44. The van der Waals surface area contributed by atoms with Crippen LogP contribution in [0, 0.1) is 12.3 Å². The normalized spacial score (nSPS) is 26.2. The fourth-order valence-electron chi connectivity index (χ4n) is 3.95. The number of carbonyl (C=O) groups excluding carboxylic acids is 1. The molecule has 1 N–H and O–H groups in total. The lowest BCUT2D eigenvalue weighted by molar-refractivity contribution is -0.207. The van der Waals surface area contributed by atoms with Crippen LogP contribution in [0.1, 0.15) is 42.1 Å². The molecular formula is C18H24ClNO3. The van der Waals surface area contributed by atoms with Crippen LogP contribution in [0.2, 0.25) is 5.02 Å². The van der Waals surface area contributed by atoms with Gasteiger partial charge in [0.1, 0.15) is 0 Å². The molecule has 126 valence electrons. The molecule has 1 saturated heterocycles. The SMILES string of the molecule is CCO[C@@H]1C[C@H](O)C12CCN(C(=O)c1cccc(Cl)c1C)CC2. The van der Waals surface area contributed by atoms with Gasteiger partial charge >= 0.3 is 0 Å². The van der Waals surface area contributed by atoms with Crippen molar-refractivity contribution in [1.29, 1.82) is 0 Å². The maximum absolute atomic E-state index is 12.8. The number of likely N-dealkylation sites (tertiary alicyclic amines) is 1. The zero-order chi connectivity index (χ0) is 16.6. The molecule has 23 heavy (non-hydrogen) atoms. The van der Waals surface area contributed by atoms with Crippen molar-refractivity contribution < 1.29 is 14.6 Å². The van der Waals surface area contributed by atoms with Gasteiger partial charge in [0.15, 0.2) is 0 Å². The van der Waals surface area contributed by atoms with Gasteiger partial charge in [0.05, 0.1) is 12.2 Å². The molecular weight excluding hydrogens is 314 g/mol. The lowest BCUT2D eigenvalue weighted by atomic mass is 9.58. The summed E-state index contributed by atoms with van der Waals surface area (Å²) in [4.78, 5) is 14.6. The number of carbonyl (C=O) groups is 1. The van der Waals surface area contributed by atoms with Crippen molar-refractivity contribution in [3.63, 3.8) is 0 Å². The second kappa shape index (κ2) is 6.42. The number of piperidine rings is 1. The Kier molecular flexibility index (Phi) is 4.68. The van der Waals surface area contributed by atoms with Gasteiger partial charge in [-0.15, -0.1) is 0 Å². The second-order valence-corrected chi connectivity index (χ2v) is 7.04. The molecule has 1 heterocycles. The van der Waals surface area contributed by atoms with Crippen molar-refractivity contribution in [3.8, 4) is 0 Å². The molecule has 1 saturated carbocycles. The Morgan fingerprint density at radius 2 is 2.13 bits per heavy atom. The van der Waals surface area contributed by atoms with Gasteiger partial charge in [-0.3, -0.25) is 4.79 Å². The molecule has 1 aromatic rings. The topological polar surface area (TPSA) is 49.8 Å². The number of halogens is 1. The van der Waals surface area contributed by atoms with E-state index in [4.69, 9.17) is 16.3 Å². The van der Waals surface area contributed by atoms with E-state index in [0.717, 1.165) is 24.8 Å². The van der Waals surface area contributed by atoms with Gasteiger partial charge in [-0.1, -0.05) is 17.7 Å². The molecule has 2 aliphatic rings. The smallest absolute Gasteiger partial charge is 0.254 e. The van der Waals surface area contributed by atoms with E-state index in [9.17, 15) is 9.90 Å². The number of aliphatic hydroxyl groups excluding tert-OH is 1. The third-order valence-corrected chi connectivity index (χ3v) is 6.00. The number of rotatable bonds is 3. The van der Waals surface area contributed by atoms with Crippen LogP contribution in [0.4, 0.5) is 0 Å². The van der Waals surface area contributed by atoms with E-state index < -0.39 is 0 Å². The van der Waals surface area contributed by atoms with Gasteiger partial charge in [0, 0.05) is 42.1 Å². The molecule has 2 fully saturated rings. The minimum Gasteiger partial charge on any atom is -0.392 e. The van der Waals surface area contributed by atoms with Crippen LogP contribution >= 0.6 is 11.6 Å². The number of ether oxygens (including phenoxy) is 1. The first-order chi connectivity index (χ1) is 11.0. The van der Waals surface area contributed by atoms with E-state index in [1.807, 2.05) is 30.9 Å². The molecule has 5 heteroatoms. The van der Waals surface area contributed by atoms with Crippen LogP contribution in [0.3, 0.4) is 0 Å². The van der Waals surface area contributed by atoms with Crippen LogP contribution < -0.4 is 0 Å². The molecule has 1 spiro atoms. The third kappa shape index (κ3) is 2.77. The predicted molar refractivity (Wildman–Crippen MR) is 89.8 cm³/mol. The van der Waals surface area contributed by atoms with E-state index in [0.29, 0.717) is 30.3 Å². The highest BCUT2D eigenvalue weighted by molar-refractivity contribution is 6.31. The fourth-order valence-corrected chi connectivity index (χ4v) is 4.13. The standard InChI is InChI=1S/C18H24ClNO3/c1-3-23-16-11-15(21)18(16)7-9-20(10-8-18)17(22)13-5-4-6-14(19)12(13)2/h4-6,15-16,21H,3,7-11H2,1-2H3/t15-,16+/m0/s1. The number of hydrogen-bond acceptors (Lipinski definition) is 3. The van der Waals surface area contributed by atoms with Crippen LogP contribution in [0.5, 0.6) is 0 Å². The average molecular weight is 338 g/mol. The summed E-state index contributed by atoms with van der Waals surface area (Å²) in [5, 5.41) is 10.9. The Labute approximate surface area is 142 Å². The number of hydrogen-bond donors (Lipinski definition) is 1. The van der Waals surface area contributed by atoms with Gasteiger partial charge < -0.3 is 14.7 Å². The summed E-state index contributed by atoms with van der Waals surface area (Å²) in [7, 11) is 0. The molecule has 1 amide bonds. The largest absolute Gasteiger partial charge is 0.392 e. The molecule has 2 atom stereocenters. The van der Waals surface area contributed by atoms with Crippen molar-refractivity contribution in [2.24, 2.45) is 5.41 Å². The average Bonchev–Trinajstić information content (AvgIpc) is 2.57. The maximum Gasteiger partial charge on any atom is 0.254 e. The quantitative estimate of drug-likeness (QED) is 0.922. The number of nitrogens with zero attached hydrogens (tertiary/aromatic N) is 1. The van der Waals surface area contributed by atoms with Gasteiger partial charge in [-0.2, -0.15) is 0 Å². The first-order valence-electron chi connectivity index (χ1n) is 8.33. The molecule has 0 aromatic heterocycles. The molecule has 0 bridgehead atoms. The van der Waals surface area contributed by atoms with Crippen molar-refractivity contribution in [3.05, 3.63) is 34.3 Å². The first kappa shape index (κ1) is 16.7. The number of aliphatic hydroxyl groups is 1. The Morgan fingerprint density at radius 3 is 2.74 bits per heavy atom. The minimum absolute atomic E-state index is 0.0293. The predicted octanol–water partition coefficient (Wildman–Crippen LogP) is 3.04. The highest BCUT2D eigenvalue weighted by Gasteiger charge is 2.56. The van der Waals surface area contributed by atoms with Crippen LogP contribution in [-0.2, 0) is 4.74 Å².